The largest absolute Gasteiger partial charge is 0.356 e. The first-order valence-corrected chi connectivity index (χ1v) is 7.32. The van der Waals surface area contributed by atoms with Gasteiger partial charge in [0.2, 0.25) is 0 Å². The van der Waals surface area contributed by atoms with Crippen LogP contribution in [0.3, 0.4) is 0 Å². The van der Waals surface area contributed by atoms with Crippen molar-refractivity contribution in [1.82, 2.24) is 15.4 Å². The van der Waals surface area contributed by atoms with Crippen molar-refractivity contribution >= 4 is 11.6 Å². The van der Waals surface area contributed by atoms with Crippen molar-refractivity contribution in [2.75, 3.05) is 26.2 Å². The van der Waals surface area contributed by atoms with Gasteiger partial charge in [0.25, 0.3) is 0 Å². The Bertz CT molecular complexity index is 625. The Hall–Kier alpha value is -1.43. The molecule has 1 unspecified atom stereocenters. The third kappa shape index (κ3) is 3.10. The molecule has 1 aliphatic rings. The van der Waals surface area contributed by atoms with Crippen LogP contribution in [0.2, 0.25) is 5.02 Å². The van der Waals surface area contributed by atoms with E-state index in [1.54, 1.807) is 0 Å². The average Bonchev–Trinajstić information content (AvgIpc) is 2.99. The molecule has 0 aliphatic carbocycles. The zero-order valence-electron chi connectivity index (χ0n) is 11.7. The molecule has 2 heterocycles. The van der Waals surface area contributed by atoms with Gasteiger partial charge in [-0.1, -0.05) is 16.8 Å². The van der Waals surface area contributed by atoms with Crippen molar-refractivity contribution in [3.63, 3.8) is 0 Å². The van der Waals surface area contributed by atoms with E-state index < -0.39 is 0 Å². The highest BCUT2D eigenvalue weighted by Crippen LogP contribution is 2.31. The first-order chi connectivity index (χ1) is 10.1. The Morgan fingerprint density at radius 1 is 1.29 bits per heavy atom. The topological polar surface area (TPSA) is 43.4 Å². The van der Waals surface area contributed by atoms with E-state index in [-0.39, 0.29) is 11.9 Å². The van der Waals surface area contributed by atoms with Gasteiger partial charge in [-0.05, 0) is 25.1 Å². The monoisotopic (exact) mass is 308 g/mol. The minimum atomic E-state index is -0.349. The van der Waals surface area contributed by atoms with Crippen molar-refractivity contribution in [2.24, 2.45) is 0 Å². The maximum atomic E-state index is 13.3. The molecule has 1 atom stereocenters. The van der Waals surface area contributed by atoms with E-state index in [4.69, 9.17) is 16.1 Å². The van der Waals surface area contributed by atoms with Gasteiger partial charge in [0, 0.05) is 37.8 Å². The molecule has 111 valence electrons. The molecule has 0 bridgehead atoms. The molecule has 3 rings (SSSR count). The molecule has 1 aliphatic heterocycles. The van der Waals surface area contributed by atoms with Gasteiger partial charge in [-0.2, -0.15) is 0 Å². The van der Waals surface area contributed by atoms with Crippen LogP contribution in [-0.4, -0.2) is 36.2 Å². The van der Waals surface area contributed by atoms with Gasteiger partial charge in [-0.25, -0.2) is 9.71 Å². The zero-order valence-corrected chi connectivity index (χ0v) is 12.5. The van der Waals surface area contributed by atoms with Crippen LogP contribution in [0.4, 0.5) is 4.39 Å². The summed E-state index contributed by atoms with van der Waals surface area (Å²) in [5, 5.41) is 8.89. The van der Waals surface area contributed by atoms with Gasteiger partial charge in [0.1, 0.15) is 11.5 Å². The Labute approximate surface area is 127 Å². The lowest BCUT2D eigenvalue weighted by Gasteiger charge is -2.30. The van der Waals surface area contributed by atoms with E-state index >= 15 is 0 Å². The summed E-state index contributed by atoms with van der Waals surface area (Å²) < 4.78 is 18.7. The van der Waals surface area contributed by atoms with Crippen LogP contribution in [0.1, 0.15) is 18.7 Å². The van der Waals surface area contributed by atoms with Crippen LogP contribution in [0, 0.1) is 5.82 Å². The molecule has 1 saturated heterocycles. The SMILES string of the molecule is CC(c1cc(-c2cc(F)ccc2Cl)on1)N1CC[N]CC1. The first-order valence-electron chi connectivity index (χ1n) is 6.94. The number of piperazine rings is 1. The van der Waals surface area contributed by atoms with Crippen LogP contribution >= 0.6 is 11.6 Å². The first kappa shape index (κ1) is 14.5. The summed E-state index contributed by atoms with van der Waals surface area (Å²) in [7, 11) is 0. The molecule has 2 aromatic rings. The molecule has 6 heteroatoms. The molecule has 21 heavy (non-hydrogen) atoms. The molecular weight excluding hydrogens is 293 g/mol. The van der Waals surface area contributed by atoms with Crippen LogP contribution in [0.25, 0.3) is 11.3 Å². The fourth-order valence-electron chi connectivity index (χ4n) is 2.50. The molecule has 1 radical (unpaired) electrons. The second kappa shape index (κ2) is 6.13. The second-order valence-corrected chi connectivity index (χ2v) is 5.53. The predicted octanol–water partition coefficient (Wildman–Crippen LogP) is 3.12. The fraction of sp³-hybridized carbons (Fsp3) is 0.400. The van der Waals surface area contributed by atoms with Crippen molar-refractivity contribution in [2.45, 2.75) is 13.0 Å². The van der Waals surface area contributed by atoms with E-state index in [1.807, 2.05) is 6.07 Å². The lowest BCUT2D eigenvalue weighted by molar-refractivity contribution is 0.177. The molecule has 0 N–H and O–H groups in total. The van der Waals surface area contributed by atoms with Crippen LogP contribution in [0.15, 0.2) is 28.8 Å². The van der Waals surface area contributed by atoms with E-state index in [2.05, 4.69) is 22.3 Å². The third-order valence-electron chi connectivity index (χ3n) is 3.79. The summed E-state index contributed by atoms with van der Waals surface area (Å²) in [4.78, 5) is 2.31. The van der Waals surface area contributed by atoms with E-state index in [1.165, 1.54) is 18.2 Å². The molecule has 0 amide bonds. The number of nitrogens with zero attached hydrogens (tertiary/aromatic N) is 3. The fourth-order valence-corrected chi connectivity index (χ4v) is 2.71. The summed E-state index contributed by atoms with van der Waals surface area (Å²) in [6, 6.07) is 6.17. The van der Waals surface area contributed by atoms with E-state index in [0.717, 1.165) is 31.9 Å². The third-order valence-corrected chi connectivity index (χ3v) is 4.12. The second-order valence-electron chi connectivity index (χ2n) is 5.12. The summed E-state index contributed by atoms with van der Waals surface area (Å²) in [5.41, 5.74) is 1.35. The standard InChI is InChI=1S/C15H16ClFN3O/c1-10(20-6-4-18-5-7-20)14-9-15(21-19-14)12-8-11(17)2-3-13(12)16/h2-3,8-10H,4-7H2,1H3. The highest BCUT2D eigenvalue weighted by Gasteiger charge is 2.22. The number of halogens is 2. The molecule has 0 spiro atoms. The summed E-state index contributed by atoms with van der Waals surface area (Å²) in [6.07, 6.45) is 0. The molecular formula is C15H16ClFN3O. The quantitative estimate of drug-likeness (QED) is 0.875. The van der Waals surface area contributed by atoms with Crippen molar-refractivity contribution in [3.05, 3.63) is 40.8 Å². The highest BCUT2D eigenvalue weighted by molar-refractivity contribution is 6.33. The summed E-state index contributed by atoms with van der Waals surface area (Å²) >= 11 is 6.09. The van der Waals surface area contributed by atoms with Gasteiger partial charge < -0.3 is 4.52 Å². The van der Waals surface area contributed by atoms with Crippen LogP contribution in [-0.2, 0) is 0 Å². The van der Waals surface area contributed by atoms with E-state index in [9.17, 15) is 4.39 Å². The maximum absolute atomic E-state index is 13.3. The molecule has 1 fully saturated rings. The molecule has 0 saturated carbocycles. The Morgan fingerprint density at radius 2 is 2.05 bits per heavy atom. The number of benzene rings is 1. The summed E-state index contributed by atoms with van der Waals surface area (Å²) in [6.45, 7) is 5.63. The van der Waals surface area contributed by atoms with Crippen molar-refractivity contribution < 1.29 is 8.91 Å². The Morgan fingerprint density at radius 3 is 2.81 bits per heavy atom. The number of hydrogen-bond acceptors (Lipinski definition) is 3. The Kier molecular flexibility index (Phi) is 4.24. The maximum Gasteiger partial charge on any atom is 0.168 e. The minimum absolute atomic E-state index is 0.144. The Balaban J connectivity index is 1.84. The number of aromatic nitrogens is 1. The van der Waals surface area contributed by atoms with Crippen molar-refractivity contribution in [3.8, 4) is 11.3 Å². The van der Waals surface area contributed by atoms with Crippen molar-refractivity contribution in [1.29, 1.82) is 0 Å². The zero-order chi connectivity index (χ0) is 14.8. The molecule has 4 nitrogen and oxygen atoms in total. The average molecular weight is 309 g/mol. The van der Waals surface area contributed by atoms with Crippen LogP contribution in [0.5, 0.6) is 0 Å². The van der Waals surface area contributed by atoms with E-state index in [0.29, 0.717) is 16.3 Å². The predicted molar refractivity (Wildman–Crippen MR) is 78.8 cm³/mol. The van der Waals surface area contributed by atoms with Gasteiger partial charge in [-0.15, -0.1) is 0 Å². The normalized spacial score (nSPS) is 17.9. The molecule has 1 aromatic heterocycles. The van der Waals surface area contributed by atoms with Gasteiger partial charge in [0.15, 0.2) is 5.76 Å². The lowest BCUT2D eigenvalue weighted by atomic mass is 10.1. The lowest BCUT2D eigenvalue weighted by Crippen LogP contribution is -2.41. The number of rotatable bonds is 3. The molecule has 1 aromatic carbocycles. The minimum Gasteiger partial charge on any atom is -0.356 e. The van der Waals surface area contributed by atoms with Gasteiger partial charge >= 0.3 is 0 Å². The van der Waals surface area contributed by atoms with Gasteiger partial charge in [0.05, 0.1) is 11.1 Å². The smallest absolute Gasteiger partial charge is 0.168 e. The van der Waals surface area contributed by atoms with Gasteiger partial charge in [-0.3, -0.25) is 4.90 Å². The number of hydrogen-bond donors (Lipinski definition) is 0. The van der Waals surface area contributed by atoms with Crippen LogP contribution < -0.4 is 5.32 Å². The summed E-state index contributed by atoms with van der Waals surface area (Å²) in [5.74, 6) is 0.140. The highest BCUT2D eigenvalue weighted by atomic mass is 35.5.